The molecule has 0 aliphatic carbocycles. The van der Waals surface area contributed by atoms with Crippen LogP contribution in [0.1, 0.15) is 61.6 Å². The van der Waals surface area contributed by atoms with E-state index in [1.165, 1.54) is 24.8 Å². The van der Waals surface area contributed by atoms with E-state index in [1.807, 2.05) is 31.2 Å². The Bertz CT molecular complexity index is 768. The fourth-order valence-corrected chi connectivity index (χ4v) is 3.42. The molecule has 6 heteroatoms. The first-order valence-corrected chi connectivity index (χ1v) is 10.8. The highest BCUT2D eigenvalue weighted by Gasteiger charge is 2.12. The molecule has 3 rings (SSSR count). The Kier molecular flexibility index (Phi) is 8.56. The minimum atomic E-state index is 0.683. The average molecular weight is 400 g/mol. The highest BCUT2D eigenvalue weighted by molar-refractivity contribution is 5.94. The van der Waals surface area contributed by atoms with Gasteiger partial charge in [0.15, 0.2) is 0 Å². The molecule has 0 radical (unpaired) electrons. The molecule has 0 amide bonds. The van der Waals surface area contributed by atoms with Gasteiger partial charge in [-0.15, -0.1) is 0 Å². The van der Waals surface area contributed by atoms with Crippen LogP contribution in [-0.2, 0) is 17.7 Å². The quantitative estimate of drug-likeness (QED) is 0.504. The zero-order chi connectivity index (χ0) is 20.3. The van der Waals surface area contributed by atoms with Crippen LogP contribution in [0.25, 0.3) is 0 Å². The van der Waals surface area contributed by atoms with Crippen LogP contribution in [0.3, 0.4) is 0 Å². The molecular formula is C23H33N3O3. The van der Waals surface area contributed by atoms with Gasteiger partial charge in [-0.05, 0) is 50.6 Å². The van der Waals surface area contributed by atoms with Gasteiger partial charge in [-0.2, -0.15) is 0 Å². The zero-order valence-corrected chi connectivity index (χ0v) is 17.7. The van der Waals surface area contributed by atoms with Gasteiger partial charge in [-0.25, -0.2) is 4.99 Å². The van der Waals surface area contributed by atoms with Gasteiger partial charge >= 0.3 is 0 Å². The lowest BCUT2D eigenvalue weighted by atomic mass is 10.1. The number of aryl methyl sites for hydroxylation is 2. The number of benzene rings is 1. The average Bonchev–Trinajstić information content (AvgIpc) is 3.39. The summed E-state index contributed by atoms with van der Waals surface area (Å²) in [5, 5.41) is 7.48. The molecule has 158 valence electrons. The number of ether oxygens (including phenoxy) is 2. The molecule has 0 saturated heterocycles. The van der Waals surface area contributed by atoms with Gasteiger partial charge in [0.25, 0.3) is 0 Å². The van der Waals surface area contributed by atoms with Crippen LogP contribution in [0.2, 0.25) is 0 Å². The van der Waals surface area contributed by atoms with Crippen molar-refractivity contribution in [1.29, 1.82) is 0 Å². The Labute approximate surface area is 173 Å². The van der Waals surface area contributed by atoms with Crippen molar-refractivity contribution in [3.63, 3.8) is 0 Å². The highest BCUT2D eigenvalue weighted by Crippen LogP contribution is 2.18. The predicted octanol–water partition coefficient (Wildman–Crippen LogP) is 4.44. The number of unbranched alkanes of at least 4 members (excludes halogenated alkanes) is 4. The monoisotopic (exact) mass is 399 g/mol. The molecule has 1 aromatic heterocycles. The van der Waals surface area contributed by atoms with Crippen LogP contribution in [0, 0.1) is 6.92 Å². The third-order valence-corrected chi connectivity index (χ3v) is 5.12. The molecule has 2 heterocycles. The van der Waals surface area contributed by atoms with Crippen molar-refractivity contribution in [2.45, 2.75) is 58.9 Å². The molecule has 6 nitrogen and oxygen atoms in total. The predicted molar refractivity (Wildman–Crippen MR) is 115 cm³/mol. The molecule has 0 fully saturated rings. The van der Waals surface area contributed by atoms with E-state index in [0.717, 1.165) is 74.2 Å². The Hall–Kier alpha value is -2.34. The van der Waals surface area contributed by atoms with Crippen molar-refractivity contribution in [2.75, 3.05) is 26.3 Å². The summed E-state index contributed by atoms with van der Waals surface area (Å²) in [5.74, 6) is 2.69. The Balaban J connectivity index is 1.25. The lowest BCUT2D eigenvalue weighted by Gasteiger charge is -2.07. The van der Waals surface area contributed by atoms with Crippen LogP contribution in [0.4, 0.5) is 0 Å². The summed E-state index contributed by atoms with van der Waals surface area (Å²) >= 11 is 0. The summed E-state index contributed by atoms with van der Waals surface area (Å²) in [6, 6.07) is 8.00. The Morgan fingerprint density at radius 2 is 1.86 bits per heavy atom. The number of nitrogens with one attached hydrogen (secondary N) is 1. The third kappa shape index (κ3) is 6.60. The van der Waals surface area contributed by atoms with Gasteiger partial charge in [-0.1, -0.05) is 31.3 Å². The molecule has 1 aromatic carbocycles. The second-order valence-corrected chi connectivity index (χ2v) is 7.38. The van der Waals surface area contributed by atoms with Crippen molar-refractivity contribution in [3.8, 4) is 5.75 Å². The van der Waals surface area contributed by atoms with Gasteiger partial charge in [-0.3, -0.25) is 0 Å². The first-order chi connectivity index (χ1) is 14.3. The van der Waals surface area contributed by atoms with Crippen LogP contribution >= 0.6 is 0 Å². The van der Waals surface area contributed by atoms with Crippen LogP contribution in [0.5, 0.6) is 5.75 Å². The van der Waals surface area contributed by atoms with E-state index >= 15 is 0 Å². The molecule has 1 aliphatic heterocycles. The summed E-state index contributed by atoms with van der Waals surface area (Å²) in [6.07, 6.45) is 6.79. The number of hydrogen-bond acceptors (Lipinski definition) is 6. The highest BCUT2D eigenvalue weighted by atomic mass is 16.5. The number of hydrogen-bond donors (Lipinski definition) is 1. The fraction of sp³-hybridized carbons (Fsp3) is 0.565. The fourth-order valence-electron chi connectivity index (χ4n) is 3.42. The maximum absolute atomic E-state index is 5.84. The van der Waals surface area contributed by atoms with Crippen LogP contribution in [0.15, 0.2) is 33.8 Å². The second kappa shape index (κ2) is 11.6. The van der Waals surface area contributed by atoms with E-state index in [9.17, 15) is 0 Å². The Morgan fingerprint density at radius 1 is 1.07 bits per heavy atom. The maximum atomic E-state index is 5.84. The lowest BCUT2D eigenvalue weighted by Crippen LogP contribution is -2.13. The molecule has 0 atom stereocenters. The first-order valence-electron chi connectivity index (χ1n) is 10.8. The van der Waals surface area contributed by atoms with Crippen molar-refractivity contribution in [2.24, 2.45) is 4.99 Å². The largest absolute Gasteiger partial charge is 0.494 e. The third-order valence-electron chi connectivity index (χ3n) is 5.12. The molecule has 1 aliphatic rings. The zero-order valence-electron chi connectivity index (χ0n) is 17.7. The van der Waals surface area contributed by atoms with Crippen LogP contribution < -0.4 is 10.1 Å². The molecule has 0 saturated carbocycles. The molecule has 29 heavy (non-hydrogen) atoms. The van der Waals surface area contributed by atoms with Gasteiger partial charge in [0.2, 0.25) is 5.90 Å². The first kappa shape index (κ1) is 21.4. The second-order valence-electron chi connectivity index (χ2n) is 7.38. The summed E-state index contributed by atoms with van der Waals surface area (Å²) in [4.78, 5) is 4.33. The summed E-state index contributed by atoms with van der Waals surface area (Å²) in [5.41, 5.74) is 3.26. The number of aliphatic imine (C=N–C) groups is 1. The van der Waals surface area contributed by atoms with E-state index in [2.05, 4.69) is 22.4 Å². The molecule has 1 N–H and O–H groups in total. The minimum Gasteiger partial charge on any atom is -0.494 e. The number of rotatable bonds is 13. The Morgan fingerprint density at radius 3 is 2.62 bits per heavy atom. The molecular weight excluding hydrogens is 366 g/mol. The van der Waals surface area contributed by atoms with Gasteiger partial charge in [0.05, 0.1) is 18.8 Å². The molecule has 0 bridgehead atoms. The standard InChI is InChI=1S/C23H33N3O3/c1-3-24-17-21-18(2)26-29-22(21)9-7-5-4-6-8-15-27-20-12-10-19(11-13-20)23-25-14-16-28-23/h10-13,24H,3-9,14-17H2,1-2H3. The van der Waals surface area contributed by atoms with Gasteiger partial charge < -0.3 is 19.3 Å². The topological polar surface area (TPSA) is 68.9 Å². The van der Waals surface area contributed by atoms with Gasteiger partial charge in [0.1, 0.15) is 18.1 Å². The molecule has 0 spiro atoms. The van der Waals surface area contributed by atoms with E-state index in [1.54, 1.807) is 0 Å². The van der Waals surface area contributed by atoms with E-state index in [-0.39, 0.29) is 0 Å². The SMILES string of the molecule is CCNCc1c(C)noc1CCCCCCCOc1ccc(C2=NCCO2)cc1. The van der Waals surface area contributed by atoms with Crippen molar-refractivity contribution >= 4 is 5.90 Å². The minimum absolute atomic E-state index is 0.683. The van der Waals surface area contributed by atoms with E-state index in [4.69, 9.17) is 14.0 Å². The summed E-state index contributed by atoms with van der Waals surface area (Å²) in [7, 11) is 0. The smallest absolute Gasteiger partial charge is 0.216 e. The normalized spacial score (nSPS) is 13.4. The van der Waals surface area contributed by atoms with Crippen molar-refractivity contribution < 1.29 is 14.0 Å². The number of nitrogens with zero attached hydrogens (tertiary/aromatic N) is 2. The summed E-state index contributed by atoms with van der Waals surface area (Å²) < 4.78 is 16.8. The van der Waals surface area contributed by atoms with Crippen LogP contribution in [-0.4, -0.2) is 37.4 Å². The molecule has 0 unspecified atom stereocenters. The lowest BCUT2D eigenvalue weighted by molar-refractivity contribution is 0.304. The van der Waals surface area contributed by atoms with Crippen molar-refractivity contribution in [1.82, 2.24) is 10.5 Å². The molecule has 2 aromatic rings. The van der Waals surface area contributed by atoms with E-state index in [0.29, 0.717) is 6.61 Å². The van der Waals surface area contributed by atoms with Gasteiger partial charge in [0, 0.05) is 24.1 Å². The summed E-state index contributed by atoms with van der Waals surface area (Å²) in [6.45, 7) is 8.13. The maximum Gasteiger partial charge on any atom is 0.216 e. The van der Waals surface area contributed by atoms with E-state index < -0.39 is 0 Å². The van der Waals surface area contributed by atoms with Crippen molar-refractivity contribution in [3.05, 3.63) is 46.8 Å². The number of aromatic nitrogens is 1.